The summed E-state index contributed by atoms with van der Waals surface area (Å²) in [5.74, 6) is 1.64. The molecule has 9 nitrogen and oxygen atoms in total. The van der Waals surface area contributed by atoms with Crippen molar-refractivity contribution in [3.63, 3.8) is 0 Å². The van der Waals surface area contributed by atoms with Gasteiger partial charge in [-0.05, 0) is 34.1 Å². The van der Waals surface area contributed by atoms with Gasteiger partial charge in [-0.15, -0.1) is 0 Å². The summed E-state index contributed by atoms with van der Waals surface area (Å²) >= 11 is 0. The predicted octanol–water partition coefficient (Wildman–Crippen LogP) is 2.46. The number of rotatable bonds is 6. The summed E-state index contributed by atoms with van der Waals surface area (Å²) in [7, 11) is 1.68. The predicted molar refractivity (Wildman–Crippen MR) is 106 cm³/mol. The van der Waals surface area contributed by atoms with E-state index in [4.69, 9.17) is 14.5 Å². The van der Waals surface area contributed by atoms with Crippen LogP contribution in [-0.4, -0.2) is 69.0 Å². The van der Waals surface area contributed by atoms with E-state index in [1.165, 1.54) is 0 Å². The average Bonchev–Trinajstić information content (AvgIpc) is 3.23. The highest BCUT2D eigenvalue weighted by molar-refractivity contribution is 5.83. The van der Waals surface area contributed by atoms with E-state index in [0.717, 1.165) is 36.4 Å². The molecule has 1 atom stereocenters. The number of carbonyl (C=O) groups is 1. The number of carbonyl (C=O) groups excluding carboxylic acids is 1. The number of hydrogen-bond donors (Lipinski definition) is 1. The minimum absolute atomic E-state index is 0.0971. The van der Waals surface area contributed by atoms with Crippen molar-refractivity contribution in [2.45, 2.75) is 58.7 Å². The second-order valence-electron chi connectivity index (χ2n) is 7.97. The Balaban J connectivity index is 1.74. The first-order chi connectivity index (χ1) is 13.3. The Morgan fingerprint density at radius 3 is 2.82 bits per heavy atom. The minimum Gasteiger partial charge on any atom is -0.444 e. The molecule has 3 rings (SSSR count). The molecule has 3 heterocycles. The molecule has 1 aliphatic rings. The number of nitrogens with zero attached hydrogens (tertiary/aromatic N) is 5. The molecule has 1 N–H and O–H groups in total. The molecule has 28 heavy (non-hydrogen) atoms. The smallest absolute Gasteiger partial charge is 0.410 e. The fourth-order valence-corrected chi connectivity index (χ4v) is 3.37. The molecule has 0 radical (unpaired) electrons. The molecule has 1 saturated heterocycles. The number of fused-ring (bicyclic) bond motifs is 1. The summed E-state index contributed by atoms with van der Waals surface area (Å²) < 4.78 is 12.7. The number of ether oxygens (including phenoxy) is 2. The fraction of sp³-hybridized carbons (Fsp3) is 0.684. The first-order valence-electron chi connectivity index (χ1n) is 9.76. The first-order valence-corrected chi connectivity index (χ1v) is 9.76. The fourth-order valence-electron chi connectivity index (χ4n) is 3.37. The number of aryl methyl sites for hydroxylation is 1. The van der Waals surface area contributed by atoms with Crippen LogP contribution in [0, 0.1) is 0 Å². The molecule has 0 aromatic carbocycles. The highest BCUT2D eigenvalue weighted by Crippen LogP contribution is 2.24. The maximum atomic E-state index is 12.3. The molecule has 154 valence electrons. The Morgan fingerprint density at radius 1 is 1.36 bits per heavy atom. The zero-order chi connectivity index (χ0) is 20.3. The molecular weight excluding hydrogens is 360 g/mol. The molecule has 9 heteroatoms. The third-order valence-electron chi connectivity index (χ3n) is 4.64. The largest absolute Gasteiger partial charge is 0.444 e. The lowest BCUT2D eigenvalue weighted by Gasteiger charge is -2.24. The molecule has 0 aliphatic carbocycles. The Kier molecular flexibility index (Phi) is 6.02. The molecule has 0 spiro atoms. The van der Waals surface area contributed by atoms with Crippen molar-refractivity contribution < 1.29 is 14.3 Å². The van der Waals surface area contributed by atoms with Gasteiger partial charge < -0.3 is 24.3 Å². The van der Waals surface area contributed by atoms with Crippen LogP contribution in [0.25, 0.3) is 11.2 Å². The monoisotopic (exact) mass is 390 g/mol. The number of imidazole rings is 1. The van der Waals surface area contributed by atoms with Gasteiger partial charge in [0.05, 0.1) is 6.61 Å². The maximum absolute atomic E-state index is 12.3. The van der Waals surface area contributed by atoms with Gasteiger partial charge >= 0.3 is 6.09 Å². The number of likely N-dealkylation sites (tertiary alicyclic amines) is 1. The number of anilines is 1. The zero-order valence-electron chi connectivity index (χ0n) is 17.4. The Morgan fingerprint density at radius 2 is 2.14 bits per heavy atom. The van der Waals surface area contributed by atoms with E-state index in [1.807, 2.05) is 20.8 Å². The quantitative estimate of drug-likeness (QED) is 0.809. The lowest BCUT2D eigenvalue weighted by molar-refractivity contribution is 0.0293. The molecule has 2 aromatic rings. The van der Waals surface area contributed by atoms with Crippen LogP contribution < -0.4 is 5.32 Å². The van der Waals surface area contributed by atoms with Crippen LogP contribution in [-0.2, 0) is 22.4 Å². The highest BCUT2D eigenvalue weighted by atomic mass is 16.6. The van der Waals surface area contributed by atoms with Gasteiger partial charge in [0.15, 0.2) is 17.0 Å². The lowest BCUT2D eigenvalue weighted by Crippen LogP contribution is -2.36. The van der Waals surface area contributed by atoms with Gasteiger partial charge in [-0.25, -0.2) is 19.7 Å². The summed E-state index contributed by atoms with van der Waals surface area (Å²) in [5.41, 5.74) is 1.08. The number of methoxy groups -OCH3 is 1. The number of nitrogens with one attached hydrogen (secondary N) is 1. The summed E-state index contributed by atoms with van der Waals surface area (Å²) in [4.78, 5) is 27.6. The van der Waals surface area contributed by atoms with E-state index >= 15 is 0 Å². The van der Waals surface area contributed by atoms with Gasteiger partial charge in [-0.2, -0.15) is 0 Å². The van der Waals surface area contributed by atoms with Crippen LogP contribution in [0.3, 0.4) is 0 Å². The van der Waals surface area contributed by atoms with Gasteiger partial charge in [-0.3, -0.25) is 0 Å². The number of hydrogen-bond acceptors (Lipinski definition) is 7. The van der Waals surface area contributed by atoms with Crippen LogP contribution in [0.5, 0.6) is 0 Å². The molecule has 2 aromatic heterocycles. The van der Waals surface area contributed by atoms with Gasteiger partial charge in [0.1, 0.15) is 17.8 Å². The maximum Gasteiger partial charge on any atom is 0.410 e. The normalized spacial score (nSPS) is 17.3. The number of aromatic nitrogens is 4. The van der Waals surface area contributed by atoms with Crippen molar-refractivity contribution in [3.8, 4) is 0 Å². The molecule has 1 fully saturated rings. The molecule has 1 amide bonds. The van der Waals surface area contributed by atoms with Crippen molar-refractivity contribution in [2.24, 2.45) is 0 Å². The topological polar surface area (TPSA) is 94.4 Å². The van der Waals surface area contributed by atoms with Crippen molar-refractivity contribution in [3.05, 3.63) is 12.2 Å². The Bertz CT molecular complexity index is 829. The second-order valence-corrected chi connectivity index (χ2v) is 7.97. The molecule has 1 aliphatic heterocycles. The van der Waals surface area contributed by atoms with E-state index < -0.39 is 5.60 Å². The van der Waals surface area contributed by atoms with Crippen LogP contribution in [0.1, 0.15) is 39.9 Å². The van der Waals surface area contributed by atoms with Crippen LogP contribution >= 0.6 is 0 Å². The molecular formula is C19H30N6O3. The second kappa shape index (κ2) is 8.30. The van der Waals surface area contributed by atoms with Gasteiger partial charge in [-0.1, -0.05) is 0 Å². The third-order valence-corrected chi connectivity index (χ3v) is 4.64. The van der Waals surface area contributed by atoms with Crippen molar-refractivity contribution in [2.75, 3.05) is 32.1 Å². The summed E-state index contributed by atoms with van der Waals surface area (Å²) in [6.45, 7) is 10.3. The van der Waals surface area contributed by atoms with Crippen LogP contribution in [0.15, 0.2) is 6.33 Å². The number of amides is 1. The molecule has 0 saturated carbocycles. The lowest BCUT2D eigenvalue weighted by atomic mass is 10.2. The SMILES string of the molecule is CCn1c(CCOC)nc2c(N[C@H]3CCN(C(=O)OC(C)(C)C)C3)ncnc21. The first kappa shape index (κ1) is 20.3. The summed E-state index contributed by atoms with van der Waals surface area (Å²) in [5, 5.41) is 3.44. The van der Waals surface area contributed by atoms with Gasteiger partial charge in [0, 0.05) is 39.2 Å². The zero-order valence-corrected chi connectivity index (χ0v) is 17.4. The van der Waals surface area contributed by atoms with Crippen molar-refractivity contribution >= 4 is 23.1 Å². The van der Waals surface area contributed by atoms with Gasteiger partial charge in [0.25, 0.3) is 0 Å². The van der Waals surface area contributed by atoms with E-state index in [9.17, 15) is 4.79 Å². The minimum atomic E-state index is -0.493. The van der Waals surface area contributed by atoms with Crippen LogP contribution in [0.2, 0.25) is 0 Å². The van der Waals surface area contributed by atoms with E-state index in [0.29, 0.717) is 25.5 Å². The third kappa shape index (κ3) is 4.52. The Labute approximate surface area is 165 Å². The van der Waals surface area contributed by atoms with Gasteiger partial charge in [0.2, 0.25) is 0 Å². The van der Waals surface area contributed by atoms with Crippen molar-refractivity contribution in [1.82, 2.24) is 24.4 Å². The molecule has 0 unspecified atom stereocenters. The molecule has 0 bridgehead atoms. The average molecular weight is 390 g/mol. The standard InChI is InChI=1S/C19H30N6O3/c1-6-25-14(8-10-27-5)23-15-16(20-12-21-17(15)25)22-13-7-9-24(11-13)18(26)28-19(2,3)4/h12-13H,6-11H2,1-5H3,(H,20,21,22)/t13-/m0/s1. The van der Waals surface area contributed by atoms with E-state index in [-0.39, 0.29) is 12.1 Å². The summed E-state index contributed by atoms with van der Waals surface area (Å²) in [6.07, 6.45) is 2.83. The van der Waals surface area contributed by atoms with Crippen LogP contribution in [0.4, 0.5) is 10.6 Å². The van der Waals surface area contributed by atoms with Crippen molar-refractivity contribution in [1.29, 1.82) is 0 Å². The highest BCUT2D eigenvalue weighted by Gasteiger charge is 2.30. The van der Waals surface area contributed by atoms with E-state index in [1.54, 1.807) is 18.3 Å². The van der Waals surface area contributed by atoms with E-state index in [2.05, 4.69) is 26.8 Å². The Hall–Kier alpha value is -2.42. The summed E-state index contributed by atoms with van der Waals surface area (Å²) in [6, 6.07) is 0.0971.